The number of likely N-dealkylation sites (N-methyl/N-ethyl adjacent to an activating group) is 1. The lowest BCUT2D eigenvalue weighted by Gasteiger charge is -2.36. The van der Waals surface area contributed by atoms with E-state index in [1.54, 1.807) is 19.0 Å². The summed E-state index contributed by atoms with van der Waals surface area (Å²) in [7, 11) is 3.57. The maximum absolute atomic E-state index is 12.4. The maximum atomic E-state index is 12.4. The van der Waals surface area contributed by atoms with Crippen molar-refractivity contribution < 1.29 is 4.79 Å². The normalized spacial score (nSPS) is 19.0. The van der Waals surface area contributed by atoms with Crippen molar-refractivity contribution in [3.05, 3.63) is 17.5 Å². The van der Waals surface area contributed by atoms with E-state index in [4.69, 9.17) is 0 Å². The minimum atomic E-state index is -0.240. The number of nitrogens with zero attached hydrogens (tertiary/aromatic N) is 4. The van der Waals surface area contributed by atoms with E-state index in [0.29, 0.717) is 18.4 Å². The lowest BCUT2D eigenvalue weighted by atomic mass is 10.1. The Hall–Kier alpha value is -1.69. The molecule has 1 amide bonds. The van der Waals surface area contributed by atoms with Crippen molar-refractivity contribution in [3.63, 3.8) is 0 Å². The van der Waals surface area contributed by atoms with Gasteiger partial charge in [-0.15, -0.1) is 0 Å². The molecule has 116 valence electrons. The van der Waals surface area contributed by atoms with E-state index >= 15 is 0 Å². The molecule has 1 fully saturated rings. The molecule has 1 unspecified atom stereocenters. The minimum Gasteiger partial charge on any atom is -0.347 e. The molecule has 0 aromatic carbocycles. The molecule has 1 aliphatic rings. The number of nitrogens with one attached hydrogen (secondary N) is 1. The van der Waals surface area contributed by atoms with E-state index in [2.05, 4.69) is 29.1 Å². The zero-order chi connectivity index (χ0) is 15.6. The van der Waals surface area contributed by atoms with Gasteiger partial charge in [0.25, 0.3) is 0 Å². The second-order valence-corrected chi connectivity index (χ2v) is 6.03. The average molecular weight is 291 g/mol. The number of aromatic nitrogens is 2. The van der Waals surface area contributed by atoms with Crippen molar-refractivity contribution in [2.75, 3.05) is 38.6 Å². The first-order valence-electron chi connectivity index (χ1n) is 7.44. The Bertz CT molecular complexity index is 515. The number of aryl methyl sites for hydroxylation is 1. The summed E-state index contributed by atoms with van der Waals surface area (Å²) < 4.78 is 0. The molecule has 0 spiro atoms. The molecular weight excluding hydrogens is 266 g/mol. The Morgan fingerprint density at radius 1 is 1.43 bits per heavy atom. The highest BCUT2D eigenvalue weighted by Gasteiger charge is 2.31. The van der Waals surface area contributed by atoms with Crippen LogP contribution < -0.4 is 10.2 Å². The van der Waals surface area contributed by atoms with E-state index in [1.807, 2.05) is 17.9 Å². The molecule has 1 aromatic rings. The number of carbonyl (C=O) groups is 1. The summed E-state index contributed by atoms with van der Waals surface area (Å²) >= 11 is 0. The van der Waals surface area contributed by atoms with Gasteiger partial charge in [-0.1, -0.05) is 13.8 Å². The minimum absolute atomic E-state index is 0.0819. The van der Waals surface area contributed by atoms with E-state index in [1.165, 1.54) is 0 Å². The van der Waals surface area contributed by atoms with Crippen LogP contribution in [0.2, 0.25) is 0 Å². The zero-order valence-electron chi connectivity index (χ0n) is 13.6. The topological polar surface area (TPSA) is 61.4 Å². The zero-order valence-corrected chi connectivity index (χ0v) is 13.6. The van der Waals surface area contributed by atoms with Crippen molar-refractivity contribution in [3.8, 4) is 0 Å². The molecule has 1 aliphatic heterocycles. The van der Waals surface area contributed by atoms with Crippen LogP contribution in [-0.4, -0.2) is 60.5 Å². The summed E-state index contributed by atoms with van der Waals surface area (Å²) in [5, 5.41) is 3.28. The summed E-state index contributed by atoms with van der Waals surface area (Å²) in [6.07, 6.45) is 0. The summed E-state index contributed by atoms with van der Waals surface area (Å²) in [4.78, 5) is 25.2. The second kappa shape index (κ2) is 6.39. The summed E-state index contributed by atoms with van der Waals surface area (Å²) in [5.74, 6) is 1.09. The van der Waals surface area contributed by atoms with Gasteiger partial charge in [0.2, 0.25) is 11.9 Å². The summed E-state index contributed by atoms with van der Waals surface area (Å²) in [6, 6.07) is 1.77. The van der Waals surface area contributed by atoms with Gasteiger partial charge in [0.1, 0.15) is 6.04 Å². The van der Waals surface area contributed by atoms with Crippen LogP contribution in [0.4, 0.5) is 5.95 Å². The predicted molar refractivity (Wildman–Crippen MR) is 83.6 cm³/mol. The van der Waals surface area contributed by atoms with Gasteiger partial charge in [0.15, 0.2) is 0 Å². The van der Waals surface area contributed by atoms with Crippen LogP contribution in [-0.2, 0) is 4.79 Å². The predicted octanol–water partition coefficient (Wildman–Crippen LogP) is 0.775. The first kappa shape index (κ1) is 15.7. The van der Waals surface area contributed by atoms with Crippen molar-refractivity contribution in [2.45, 2.75) is 32.7 Å². The summed E-state index contributed by atoms with van der Waals surface area (Å²) in [5.41, 5.74) is 1.96. The fourth-order valence-corrected chi connectivity index (χ4v) is 2.46. The van der Waals surface area contributed by atoms with Gasteiger partial charge in [-0.25, -0.2) is 9.97 Å². The first-order valence-corrected chi connectivity index (χ1v) is 7.44. The van der Waals surface area contributed by atoms with Crippen molar-refractivity contribution >= 4 is 11.9 Å². The molecular formula is C15H25N5O. The number of rotatable bonds is 3. The largest absolute Gasteiger partial charge is 0.347 e. The molecule has 0 saturated carbocycles. The third kappa shape index (κ3) is 3.50. The average Bonchev–Trinajstić information content (AvgIpc) is 2.45. The Morgan fingerprint density at radius 2 is 2.14 bits per heavy atom. The molecule has 1 saturated heterocycles. The fraction of sp³-hybridized carbons (Fsp3) is 0.667. The number of hydrogen-bond acceptors (Lipinski definition) is 5. The van der Waals surface area contributed by atoms with E-state index in [-0.39, 0.29) is 11.9 Å². The highest BCUT2D eigenvalue weighted by molar-refractivity contribution is 5.85. The van der Waals surface area contributed by atoms with Crippen LogP contribution in [0.15, 0.2) is 6.07 Å². The first-order chi connectivity index (χ1) is 9.90. The quantitative estimate of drug-likeness (QED) is 0.891. The lowest BCUT2D eigenvalue weighted by molar-refractivity contribution is -0.130. The molecule has 21 heavy (non-hydrogen) atoms. The van der Waals surface area contributed by atoms with Gasteiger partial charge in [-0.3, -0.25) is 4.79 Å². The Kier molecular flexibility index (Phi) is 4.77. The van der Waals surface area contributed by atoms with Gasteiger partial charge in [-0.05, 0) is 18.9 Å². The highest BCUT2D eigenvalue weighted by atomic mass is 16.2. The number of carbonyl (C=O) groups excluding carboxylic acids is 1. The highest BCUT2D eigenvalue weighted by Crippen LogP contribution is 2.19. The standard InChI is InChI=1S/C15H25N5O/c1-10(2)12-8-11(3)17-15(18-12)20-7-6-16-9-13(20)14(21)19(4)5/h8,10,13,16H,6-7,9H2,1-5H3. The molecule has 0 aliphatic carbocycles. The van der Waals surface area contributed by atoms with Crippen molar-refractivity contribution in [2.24, 2.45) is 0 Å². The van der Waals surface area contributed by atoms with Crippen LogP contribution in [0.25, 0.3) is 0 Å². The van der Waals surface area contributed by atoms with Gasteiger partial charge < -0.3 is 15.1 Å². The van der Waals surface area contributed by atoms with E-state index in [9.17, 15) is 4.79 Å². The lowest BCUT2D eigenvalue weighted by Crippen LogP contribution is -2.58. The van der Waals surface area contributed by atoms with Crippen LogP contribution in [0.5, 0.6) is 0 Å². The van der Waals surface area contributed by atoms with Crippen molar-refractivity contribution in [1.29, 1.82) is 0 Å². The molecule has 1 N–H and O–H groups in total. The van der Waals surface area contributed by atoms with Gasteiger partial charge >= 0.3 is 0 Å². The van der Waals surface area contributed by atoms with Gasteiger partial charge in [-0.2, -0.15) is 0 Å². The third-order valence-corrected chi connectivity index (χ3v) is 3.68. The molecule has 1 aromatic heterocycles. The Labute approximate surface area is 126 Å². The molecule has 6 heteroatoms. The van der Waals surface area contributed by atoms with E-state index < -0.39 is 0 Å². The number of amides is 1. The smallest absolute Gasteiger partial charge is 0.246 e. The monoisotopic (exact) mass is 291 g/mol. The number of piperazine rings is 1. The van der Waals surface area contributed by atoms with Crippen LogP contribution in [0.3, 0.4) is 0 Å². The Balaban J connectivity index is 2.35. The van der Waals surface area contributed by atoms with Gasteiger partial charge in [0, 0.05) is 45.1 Å². The SMILES string of the molecule is Cc1cc(C(C)C)nc(N2CCNCC2C(=O)N(C)C)n1. The molecule has 1 atom stereocenters. The maximum Gasteiger partial charge on any atom is 0.246 e. The molecule has 2 heterocycles. The third-order valence-electron chi connectivity index (χ3n) is 3.68. The van der Waals surface area contributed by atoms with Crippen LogP contribution in [0, 0.1) is 6.92 Å². The molecule has 2 rings (SSSR count). The number of hydrogen-bond donors (Lipinski definition) is 1. The van der Waals surface area contributed by atoms with Crippen LogP contribution >= 0.6 is 0 Å². The Morgan fingerprint density at radius 3 is 2.76 bits per heavy atom. The van der Waals surface area contributed by atoms with Crippen molar-refractivity contribution in [1.82, 2.24) is 20.2 Å². The molecule has 0 bridgehead atoms. The molecule has 0 radical (unpaired) electrons. The second-order valence-electron chi connectivity index (χ2n) is 6.03. The van der Waals surface area contributed by atoms with E-state index in [0.717, 1.165) is 24.5 Å². The summed E-state index contributed by atoms with van der Waals surface area (Å²) in [6.45, 7) is 8.42. The van der Waals surface area contributed by atoms with Crippen LogP contribution in [0.1, 0.15) is 31.2 Å². The van der Waals surface area contributed by atoms with Gasteiger partial charge in [0.05, 0.1) is 0 Å². The molecule has 6 nitrogen and oxygen atoms in total. The number of anilines is 1. The fourth-order valence-electron chi connectivity index (χ4n) is 2.46.